The zero-order valence-corrected chi connectivity index (χ0v) is 17.5. The van der Waals surface area contributed by atoms with Crippen molar-refractivity contribution in [3.05, 3.63) is 59.2 Å². The van der Waals surface area contributed by atoms with E-state index in [0.717, 1.165) is 22.3 Å². The van der Waals surface area contributed by atoms with Crippen molar-refractivity contribution in [2.75, 3.05) is 30.8 Å². The summed E-state index contributed by atoms with van der Waals surface area (Å²) in [6.07, 6.45) is 0. The topological polar surface area (TPSA) is 82.0 Å². The molecule has 0 radical (unpaired) electrons. The van der Waals surface area contributed by atoms with Crippen LogP contribution in [0, 0.1) is 25.2 Å². The second-order valence-corrected chi connectivity index (χ2v) is 7.07. The minimum Gasteiger partial charge on any atom is -0.497 e. The van der Waals surface area contributed by atoms with Gasteiger partial charge < -0.3 is 20.7 Å². The number of ether oxygens (including phenoxy) is 1. The van der Waals surface area contributed by atoms with Crippen molar-refractivity contribution in [3.8, 4) is 11.8 Å². The van der Waals surface area contributed by atoms with Crippen molar-refractivity contribution in [3.63, 3.8) is 0 Å². The zero-order chi connectivity index (χ0) is 20.8. The van der Waals surface area contributed by atoms with Crippen LogP contribution in [0.2, 0.25) is 0 Å². The van der Waals surface area contributed by atoms with Gasteiger partial charge in [0.05, 0.1) is 18.2 Å². The number of aryl methyl sites for hydroxylation is 2. The molecule has 0 saturated heterocycles. The molecule has 0 aliphatic rings. The molecule has 3 aromatic rings. The molecule has 0 aliphatic heterocycles. The van der Waals surface area contributed by atoms with Crippen LogP contribution in [0.15, 0.2) is 42.5 Å². The van der Waals surface area contributed by atoms with Crippen molar-refractivity contribution >= 4 is 39.7 Å². The maximum atomic E-state index is 9.47. The van der Waals surface area contributed by atoms with Crippen LogP contribution >= 0.6 is 12.2 Å². The number of methoxy groups -OCH3 is 1. The number of nitriles is 1. The number of anilines is 2. The molecule has 3 rings (SSSR count). The second kappa shape index (κ2) is 9.22. The lowest BCUT2D eigenvalue weighted by molar-refractivity contribution is 0.415. The second-order valence-electron chi connectivity index (χ2n) is 6.67. The molecule has 0 saturated carbocycles. The van der Waals surface area contributed by atoms with Crippen LogP contribution in [0.4, 0.5) is 11.5 Å². The summed E-state index contributed by atoms with van der Waals surface area (Å²) in [5.41, 5.74) is 4.61. The molecule has 0 unspecified atom stereocenters. The zero-order valence-electron chi connectivity index (χ0n) is 16.7. The summed E-state index contributed by atoms with van der Waals surface area (Å²) in [6.45, 7) is 5.26. The molecule has 0 fully saturated rings. The van der Waals surface area contributed by atoms with Gasteiger partial charge in [0.25, 0.3) is 0 Å². The first-order chi connectivity index (χ1) is 14.0. The first-order valence-electron chi connectivity index (χ1n) is 9.25. The number of benzene rings is 2. The molecule has 2 aromatic carbocycles. The fourth-order valence-corrected chi connectivity index (χ4v) is 3.11. The van der Waals surface area contributed by atoms with Crippen molar-refractivity contribution in [1.29, 1.82) is 5.26 Å². The van der Waals surface area contributed by atoms with Crippen LogP contribution in [0.25, 0.3) is 10.9 Å². The van der Waals surface area contributed by atoms with Gasteiger partial charge in [-0.15, -0.1) is 0 Å². The number of nitrogens with zero attached hydrogens (tertiary/aromatic N) is 2. The van der Waals surface area contributed by atoms with E-state index in [-0.39, 0.29) is 0 Å². The third-order valence-electron chi connectivity index (χ3n) is 4.58. The highest BCUT2D eigenvalue weighted by atomic mass is 32.1. The van der Waals surface area contributed by atoms with E-state index in [1.807, 2.05) is 36.4 Å². The molecule has 3 N–H and O–H groups in total. The summed E-state index contributed by atoms with van der Waals surface area (Å²) >= 11 is 5.33. The minimum atomic E-state index is 0.512. The van der Waals surface area contributed by atoms with E-state index < -0.39 is 0 Å². The molecule has 148 valence electrons. The SMILES string of the molecule is COc1cccc(NC(=S)NCCNc2nc3cc(C)c(C)cc3cc2C#N)c1. The molecule has 6 nitrogen and oxygen atoms in total. The largest absolute Gasteiger partial charge is 0.497 e. The molecule has 29 heavy (non-hydrogen) atoms. The van der Waals surface area contributed by atoms with E-state index in [4.69, 9.17) is 17.0 Å². The van der Waals surface area contributed by atoms with Crippen LogP contribution < -0.4 is 20.7 Å². The lowest BCUT2D eigenvalue weighted by atomic mass is 10.0. The van der Waals surface area contributed by atoms with Crippen LogP contribution in [0.3, 0.4) is 0 Å². The highest BCUT2D eigenvalue weighted by Gasteiger charge is 2.08. The third kappa shape index (κ3) is 5.12. The molecule has 1 aromatic heterocycles. The average Bonchev–Trinajstić information content (AvgIpc) is 2.72. The third-order valence-corrected chi connectivity index (χ3v) is 4.83. The smallest absolute Gasteiger partial charge is 0.170 e. The first-order valence-corrected chi connectivity index (χ1v) is 9.66. The standard InChI is InChI=1S/C22H23N5OS/c1-14-9-16-11-17(13-23)21(27-20(16)10-15(14)2)24-7-8-25-22(29)26-18-5-4-6-19(12-18)28-3/h4-6,9-12H,7-8H2,1-3H3,(H,24,27)(H2,25,26,29). The lowest BCUT2D eigenvalue weighted by Gasteiger charge is -2.13. The lowest BCUT2D eigenvalue weighted by Crippen LogP contribution is -2.32. The van der Waals surface area contributed by atoms with E-state index in [2.05, 4.69) is 46.9 Å². The van der Waals surface area contributed by atoms with Gasteiger partial charge >= 0.3 is 0 Å². The predicted octanol–water partition coefficient (Wildman–Crippen LogP) is 4.13. The van der Waals surface area contributed by atoms with Gasteiger partial charge in [0.1, 0.15) is 17.6 Å². The van der Waals surface area contributed by atoms with Crippen molar-refractivity contribution in [2.45, 2.75) is 13.8 Å². The van der Waals surface area contributed by atoms with Crippen LogP contribution in [-0.4, -0.2) is 30.3 Å². The first kappa shape index (κ1) is 20.4. The molecule has 1 heterocycles. The number of hydrogen-bond acceptors (Lipinski definition) is 5. The molecule has 0 bridgehead atoms. The van der Waals surface area contributed by atoms with Gasteiger partial charge in [0.15, 0.2) is 5.11 Å². The number of aromatic nitrogens is 1. The Bertz CT molecular complexity index is 1090. The number of fused-ring (bicyclic) bond motifs is 1. The Hall–Kier alpha value is -3.37. The van der Waals surface area contributed by atoms with Crippen LogP contribution in [0.5, 0.6) is 5.75 Å². The molecule has 0 aliphatic carbocycles. The highest BCUT2D eigenvalue weighted by molar-refractivity contribution is 7.80. The average molecular weight is 406 g/mol. The van der Waals surface area contributed by atoms with E-state index in [0.29, 0.717) is 29.6 Å². The predicted molar refractivity (Wildman–Crippen MR) is 122 cm³/mol. The molecule has 0 spiro atoms. The number of rotatable bonds is 6. The van der Waals surface area contributed by atoms with Gasteiger partial charge in [-0.1, -0.05) is 6.07 Å². The van der Waals surface area contributed by atoms with Gasteiger partial charge in [-0.3, -0.25) is 0 Å². The van der Waals surface area contributed by atoms with Crippen molar-refractivity contribution < 1.29 is 4.74 Å². The summed E-state index contributed by atoms with van der Waals surface area (Å²) < 4.78 is 5.20. The molecule has 7 heteroatoms. The fraction of sp³-hybridized carbons (Fsp3) is 0.227. The van der Waals surface area contributed by atoms with Crippen LogP contribution in [-0.2, 0) is 0 Å². The van der Waals surface area contributed by atoms with Crippen LogP contribution in [0.1, 0.15) is 16.7 Å². The number of pyridine rings is 1. The Morgan fingerprint density at radius 3 is 2.69 bits per heavy atom. The Kier molecular flexibility index (Phi) is 6.47. The van der Waals surface area contributed by atoms with E-state index in [9.17, 15) is 5.26 Å². The number of hydrogen-bond donors (Lipinski definition) is 3. The Morgan fingerprint density at radius 2 is 1.93 bits per heavy atom. The van der Waals surface area contributed by atoms with Gasteiger partial charge in [-0.25, -0.2) is 4.98 Å². The Balaban J connectivity index is 1.58. The Morgan fingerprint density at radius 1 is 1.14 bits per heavy atom. The Labute approximate surface area is 175 Å². The normalized spacial score (nSPS) is 10.3. The summed E-state index contributed by atoms with van der Waals surface area (Å²) in [5, 5.41) is 20.4. The monoisotopic (exact) mass is 405 g/mol. The molecule has 0 atom stereocenters. The number of nitrogens with one attached hydrogen (secondary N) is 3. The van der Waals surface area contributed by atoms with Gasteiger partial charge in [-0.05, 0) is 67.5 Å². The summed E-state index contributed by atoms with van der Waals surface area (Å²) in [5.74, 6) is 1.34. The molecular formula is C22H23N5OS. The quantitative estimate of drug-likeness (QED) is 0.420. The minimum absolute atomic E-state index is 0.512. The maximum absolute atomic E-state index is 9.47. The van der Waals surface area contributed by atoms with Crippen molar-refractivity contribution in [2.24, 2.45) is 0 Å². The summed E-state index contributed by atoms with van der Waals surface area (Å²) in [7, 11) is 1.63. The van der Waals surface area contributed by atoms with Gasteiger partial charge in [-0.2, -0.15) is 5.26 Å². The van der Waals surface area contributed by atoms with Crippen molar-refractivity contribution in [1.82, 2.24) is 10.3 Å². The van der Waals surface area contributed by atoms with E-state index in [1.54, 1.807) is 7.11 Å². The summed E-state index contributed by atoms with van der Waals surface area (Å²) in [4.78, 5) is 4.63. The molecular weight excluding hydrogens is 382 g/mol. The fourth-order valence-electron chi connectivity index (χ4n) is 2.89. The van der Waals surface area contributed by atoms with Gasteiger partial charge in [0.2, 0.25) is 0 Å². The maximum Gasteiger partial charge on any atom is 0.170 e. The highest BCUT2D eigenvalue weighted by Crippen LogP contribution is 2.23. The van der Waals surface area contributed by atoms with Gasteiger partial charge in [0, 0.05) is 30.2 Å². The summed E-state index contributed by atoms with van der Waals surface area (Å²) in [6, 6.07) is 15.7. The van der Waals surface area contributed by atoms with E-state index >= 15 is 0 Å². The molecule has 0 amide bonds. The van der Waals surface area contributed by atoms with E-state index in [1.165, 1.54) is 11.1 Å². The number of thiocarbonyl (C=S) groups is 1.